The summed E-state index contributed by atoms with van der Waals surface area (Å²) in [4.78, 5) is 63.6. The minimum Gasteiger partial charge on any atom is -0.508 e. The fourth-order valence-electron chi connectivity index (χ4n) is 7.20. The van der Waals surface area contributed by atoms with Crippen LogP contribution in [0.3, 0.4) is 0 Å². The number of nitrogens with zero attached hydrogens (tertiary/aromatic N) is 1. The molecule has 2 aromatic carbocycles. The smallest absolute Gasteiger partial charge is 0.323 e. The third-order valence-electron chi connectivity index (χ3n) is 9.52. The Kier molecular flexibility index (Phi) is 8.69. The van der Waals surface area contributed by atoms with E-state index in [4.69, 9.17) is 16.2 Å². The molecule has 2 aromatic rings. The largest absolute Gasteiger partial charge is 0.508 e. The average molecular weight is 647 g/mol. The number of hydrogen-bond acceptors (Lipinski definition) is 12. The number of fused-ring (bicyclic) bond motifs is 3. The van der Waals surface area contributed by atoms with E-state index in [2.05, 4.69) is 10.5 Å². The van der Waals surface area contributed by atoms with Crippen LogP contribution in [0.25, 0.3) is 11.1 Å². The highest BCUT2D eigenvalue weighted by Gasteiger charge is 2.63. The highest BCUT2D eigenvalue weighted by atomic mass is 16.5. The second-order valence-electron chi connectivity index (χ2n) is 12.9. The van der Waals surface area contributed by atoms with Gasteiger partial charge in [0.25, 0.3) is 5.91 Å². The molecular weight excluding hydrogens is 608 g/mol. The van der Waals surface area contributed by atoms with Crippen molar-refractivity contribution in [2.24, 2.45) is 28.5 Å². The van der Waals surface area contributed by atoms with Gasteiger partial charge in [-0.05, 0) is 77.7 Å². The molecule has 3 aliphatic carbocycles. The number of ketones is 2. The number of ether oxygens (including phenoxy) is 1. The van der Waals surface area contributed by atoms with Crippen molar-refractivity contribution in [2.45, 2.75) is 70.7 Å². The van der Waals surface area contributed by atoms with Crippen LogP contribution in [0.2, 0.25) is 0 Å². The van der Waals surface area contributed by atoms with Gasteiger partial charge in [0.2, 0.25) is 5.78 Å². The maximum Gasteiger partial charge on any atom is 0.323 e. The molecule has 5 rings (SSSR count). The molecule has 0 saturated carbocycles. The van der Waals surface area contributed by atoms with E-state index in [1.165, 1.54) is 6.07 Å². The molecule has 0 saturated heterocycles. The zero-order chi connectivity index (χ0) is 34.6. The second kappa shape index (κ2) is 12.1. The lowest BCUT2D eigenvalue weighted by Crippen LogP contribution is -2.64. The molecule has 8 N–H and O–H groups in total. The quantitative estimate of drug-likeness (QED) is 0.132. The molecule has 0 heterocycles. The zero-order valence-corrected chi connectivity index (χ0v) is 26.5. The number of nitrogens with two attached hydrogens (primary N) is 2. The van der Waals surface area contributed by atoms with Gasteiger partial charge < -0.3 is 36.8 Å². The van der Waals surface area contributed by atoms with E-state index in [0.29, 0.717) is 17.7 Å². The van der Waals surface area contributed by atoms with Gasteiger partial charge in [0.1, 0.15) is 28.8 Å². The molecule has 0 aromatic heterocycles. The first-order valence-corrected chi connectivity index (χ1v) is 15.4. The first-order chi connectivity index (χ1) is 22.1. The number of hydrogen-bond donors (Lipinski definition) is 6. The van der Waals surface area contributed by atoms with E-state index >= 15 is 0 Å². The SMILES string of the molecule is CCOC(=O)C(NCc1ccc(C)c(-c2ccc(O)c3c2C[C@@]2(N)CC4CC(N=O)=C(C(N)=O)C(=O)[C@@]4(O)C(O)=C2C3=O)c1)C(C)C. The Morgan fingerprint density at radius 2 is 1.85 bits per heavy atom. The van der Waals surface area contributed by atoms with Crippen molar-refractivity contribution < 1.29 is 39.2 Å². The summed E-state index contributed by atoms with van der Waals surface area (Å²) in [5.74, 6) is -6.57. The lowest BCUT2D eigenvalue weighted by molar-refractivity contribution is -0.147. The Balaban J connectivity index is 1.59. The number of esters is 1. The molecule has 2 unspecified atom stereocenters. The molecule has 3 aliphatic rings. The number of carbonyl (C=O) groups excluding carboxylic acids is 4. The zero-order valence-electron chi connectivity index (χ0n) is 26.5. The summed E-state index contributed by atoms with van der Waals surface area (Å²) in [6.45, 7) is 8.04. The van der Waals surface area contributed by atoms with Crippen molar-refractivity contribution in [1.82, 2.24) is 5.32 Å². The van der Waals surface area contributed by atoms with Crippen LogP contribution in [-0.4, -0.2) is 62.6 Å². The Hall–Kier alpha value is -4.72. The normalized spacial score (nSPS) is 24.4. The molecule has 0 aliphatic heterocycles. The van der Waals surface area contributed by atoms with Gasteiger partial charge in [-0.15, -0.1) is 4.91 Å². The number of aromatic hydroxyl groups is 1. The number of carbonyl (C=O) groups is 4. The number of aryl methyl sites for hydroxylation is 1. The van der Waals surface area contributed by atoms with E-state index in [0.717, 1.165) is 16.7 Å². The Morgan fingerprint density at radius 1 is 1.15 bits per heavy atom. The standard InChI is InChI=1S/C34H38N4O9/c1-5-47-32(44)27(15(2)3)37-14-17-7-6-16(4)20(10-17)19-8-9-23(39)24-21(19)13-33(36)12-18-11-22(38-46)25(31(35)43)29(41)34(18,45)30(42)26(33)28(24)40/h6-10,15,18,27,37,39,42,45H,5,11-14,36H2,1-4H3,(H2,35,43)/t18?,27?,33-,34+/m0/s1. The molecule has 13 nitrogen and oxygen atoms in total. The molecule has 13 heteroatoms. The van der Waals surface area contributed by atoms with Crippen LogP contribution in [0, 0.1) is 23.7 Å². The molecule has 0 spiro atoms. The number of Topliss-reactive ketones (excluding diaryl/α,β-unsaturated/α-hetero) is 2. The monoisotopic (exact) mass is 646 g/mol. The van der Waals surface area contributed by atoms with Crippen molar-refractivity contribution in [3.8, 4) is 16.9 Å². The number of allylic oxidation sites excluding steroid dienone is 1. The summed E-state index contributed by atoms with van der Waals surface area (Å²) >= 11 is 0. The number of phenols is 1. The maximum atomic E-state index is 14.1. The molecule has 47 heavy (non-hydrogen) atoms. The first-order valence-electron chi connectivity index (χ1n) is 15.4. The summed E-state index contributed by atoms with van der Waals surface area (Å²) in [5, 5.41) is 40.0. The van der Waals surface area contributed by atoms with Gasteiger partial charge in [0, 0.05) is 18.9 Å². The fraction of sp³-hybridized carbons (Fsp3) is 0.412. The summed E-state index contributed by atoms with van der Waals surface area (Å²) < 4.78 is 5.21. The number of aliphatic hydroxyl groups excluding tert-OH is 1. The van der Waals surface area contributed by atoms with E-state index in [1.807, 2.05) is 39.0 Å². The highest BCUT2D eigenvalue weighted by molar-refractivity contribution is 6.25. The number of nitrogens with one attached hydrogen (secondary N) is 1. The predicted molar refractivity (Wildman–Crippen MR) is 170 cm³/mol. The Bertz CT molecular complexity index is 1800. The topological polar surface area (TPSA) is 232 Å². The van der Waals surface area contributed by atoms with Crippen LogP contribution in [-0.2, 0) is 32.1 Å². The number of benzene rings is 2. The minimum absolute atomic E-state index is 0.0302. The molecule has 0 bridgehead atoms. The molecule has 248 valence electrons. The lowest BCUT2D eigenvalue weighted by Gasteiger charge is -2.50. The van der Waals surface area contributed by atoms with Crippen LogP contribution >= 0.6 is 0 Å². The first kappa shape index (κ1) is 33.6. The maximum absolute atomic E-state index is 14.1. The van der Waals surface area contributed by atoms with Crippen molar-refractivity contribution in [1.29, 1.82) is 0 Å². The lowest BCUT2D eigenvalue weighted by atomic mass is 9.57. The van der Waals surface area contributed by atoms with Crippen LogP contribution in [0.15, 0.2) is 58.1 Å². The summed E-state index contributed by atoms with van der Waals surface area (Å²) in [6, 6.07) is 8.18. The average Bonchev–Trinajstić information content (AvgIpc) is 2.99. The van der Waals surface area contributed by atoms with Crippen molar-refractivity contribution >= 4 is 23.4 Å². The van der Waals surface area contributed by atoms with Crippen LogP contribution in [0.1, 0.15) is 60.7 Å². The van der Waals surface area contributed by atoms with E-state index in [9.17, 15) is 39.4 Å². The van der Waals surface area contributed by atoms with E-state index in [-0.39, 0.29) is 36.9 Å². The minimum atomic E-state index is -2.76. The second-order valence-corrected chi connectivity index (χ2v) is 12.9. The Labute approximate surface area is 270 Å². The van der Waals surface area contributed by atoms with E-state index < -0.39 is 75.3 Å². The third kappa shape index (κ3) is 5.33. The van der Waals surface area contributed by atoms with Gasteiger partial charge in [-0.2, -0.15) is 0 Å². The fourth-order valence-corrected chi connectivity index (χ4v) is 7.20. The number of primary amides is 1. The molecule has 0 radical (unpaired) electrons. The number of phenolic OH excluding ortho intramolecular Hbond substituents is 1. The van der Waals surface area contributed by atoms with E-state index in [1.54, 1.807) is 13.0 Å². The van der Waals surface area contributed by atoms with Gasteiger partial charge in [-0.1, -0.05) is 32.0 Å². The van der Waals surface area contributed by atoms with Crippen molar-refractivity contribution in [3.05, 3.63) is 80.1 Å². The Morgan fingerprint density at radius 3 is 2.47 bits per heavy atom. The van der Waals surface area contributed by atoms with Crippen LogP contribution in [0.4, 0.5) is 0 Å². The van der Waals surface area contributed by atoms with Gasteiger partial charge in [-0.25, -0.2) is 0 Å². The summed E-state index contributed by atoms with van der Waals surface area (Å²) in [7, 11) is 0. The molecule has 4 atom stereocenters. The number of nitroso groups, excluding NO2 is 1. The van der Waals surface area contributed by atoms with Crippen LogP contribution < -0.4 is 16.8 Å². The number of amides is 1. The molecular formula is C34H38N4O9. The third-order valence-corrected chi connectivity index (χ3v) is 9.52. The van der Waals surface area contributed by atoms with Gasteiger partial charge in [0.15, 0.2) is 11.4 Å². The van der Waals surface area contributed by atoms with Gasteiger partial charge in [-0.3, -0.25) is 19.2 Å². The number of rotatable bonds is 9. The highest BCUT2D eigenvalue weighted by Crippen LogP contribution is 2.53. The van der Waals surface area contributed by atoms with Crippen molar-refractivity contribution in [3.63, 3.8) is 0 Å². The summed E-state index contributed by atoms with van der Waals surface area (Å²) in [5.41, 5.74) is 9.23. The molecule has 0 fully saturated rings. The summed E-state index contributed by atoms with van der Waals surface area (Å²) in [6.07, 6.45) is -0.729. The molecule has 1 amide bonds. The van der Waals surface area contributed by atoms with Gasteiger partial charge in [0.05, 0.1) is 23.3 Å². The van der Waals surface area contributed by atoms with Crippen molar-refractivity contribution in [2.75, 3.05) is 6.61 Å². The van der Waals surface area contributed by atoms with Gasteiger partial charge >= 0.3 is 5.97 Å². The number of aliphatic hydroxyl groups is 2. The predicted octanol–water partition coefficient (Wildman–Crippen LogP) is 2.52. The van der Waals surface area contributed by atoms with Crippen LogP contribution in [0.5, 0.6) is 5.75 Å².